The van der Waals surface area contributed by atoms with E-state index in [2.05, 4.69) is 11.8 Å². The van der Waals surface area contributed by atoms with Crippen molar-refractivity contribution in [3.63, 3.8) is 0 Å². The summed E-state index contributed by atoms with van der Waals surface area (Å²) >= 11 is 0. The van der Waals surface area contributed by atoms with Gasteiger partial charge in [-0.25, -0.2) is 51.2 Å². The van der Waals surface area contributed by atoms with Gasteiger partial charge in [0.2, 0.25) is 19.7 Å². The van der Waals surface area contributed by atoms with Gasteiger partial charge in [-0.2, -0.15) is 0 Å². The molecule has 0 heterocycles. The number of rotatable bonds is 17. The van der Waals surface area contributed by atoms with Gasteiger partial charge in [0.25, 0.3) is 0 Å². The van der Waals surface area contributed by atoms with Crippen LogP contribution in [0.15, 0.2) is 345 Å². The van der Waals surface area contributed by atoms with Crippen LogP contribution in [0.25, 0.3) is 44.5 Å². The maximum Gasteiger partial charge on any atom is 1.00 e. The number of sulfone groups is 2. The normalized spacial score (nSPS) is 10.8. The third-order valence-electron chi connectivity index (χ3n) is 16.7. The van der Waals surface area contributed by atoms with Gasteiger partial charge in [-0.3, -0.25) is 0 Å². The standard InChI is InChI=1S/C46H34O9S2.C14H8F2.C12H8F2O2S.C12H10O2.C6H6O5S.2K/c1-4-32-6-8-35(9-7-32)43-29-31(2)5-27-44(43)55-40-22-28-45(46(30-40)57(49,50)51)54-39-20-25-42(26-21-39)56(47,48)41-23-18-38(19-24-41)53-37-16-12-34(13-17-37)33-10-14-36(52-3)15-11-33;1-2-10-3-5-11(6-4-10)13-9-12(15)7-8-14(13)16;13-9-1-5-11(6-2-9)17(15,16)12-7-3-10(14)4-8-12;13-11-5-1-9(2-6-11)10-3-7-12(14)8-4-10;7-4-1-2-5(8)6(3-4)12(9,10)11;;/h1,5-30H,2-3H3,(H,49,50,51);1,3-9H;1-8H;1-8,13-14H;1-3,7-8H,(H,9,10,11);;/q;;;;;2*+1/p-2. The maximum atomic E-state index is 13.5. The number of aromatic hydroxyl groups is 4. The number of phenolic OH excluding ortho intramolecular Hbond substituents is 4. The van der Waals surface area contributed by atoms with Gasteiger partial charge in [-0.05, 0) is 265 Å². The molecule has 14 rings (SSSR count). The molecule has 0 atom stereocenters. The Balaban J connectivity index is 0.000000227. The summed E-state index contributed by atoms with van der Waals surface area (Å²) in [6, 6.07) is 79.0. The summed E-state index contributed by atoms with van der Waals surface area (Å²) in [6.45, 7) is 1.93. The molecule has 118 heavy (non-hydrogen) atoms. The van der Waals surface area contributed by atoms with Crippen molar-refractivity contribution in [2.24, 2.45) is 0 Å². The summed E-state index contributed by atoms with van der Waals surface area (Å²) < 4.78 is 194. The monoisotopic (exact) mass is 1710 g/mol. The van der Waals surface area contributed by atoms with Crippen LogP contribution in [-0.2, 0) is 39.9 Å². The molecule has 14 aromatic carbocycles. The van der Waals surface area contributed by atoms with Gasteiger partial charge in [-0.1, -0.05) is 96.3 Å². The van der Waals surface area contributed by atoms with E-state index in [4.69, 9.17) is 52.2 Å². The van der Waals surface area contributed by atoms with E-state index in [9.17, 15) is 60.3 Å². The van der Waals surface area contributed by atoms with Crippen molar-refractivity contribution in [1.82, 2.24) is 0 Å². The predicted molar refractivity (Wildman–Crippen MR) is 427 cm³/mol. The summed E-state index contributed by atoms with van der Waals surface area (Å²) in [4.78, 5) is -1.51. The zero-order valence-corrected chi connectivity index (χ0v) is 72.3. The molecule has 0 fully saturated rings. The average molecular weight is 1720 g/mol. The van der Waals surface area contributed by atoms with Gasteiger partial charge in [0.1, 0.15) is 112 Å². The largest absolute Gasteiger partial charge is 1.00 e. The molecule has 0 aliphatic carbocycles. The molecule has 14 aromatic rings. The number of ether oxygens (including phenoxy) is 4. The van der Waals surface area contributed by atoms with E-state index >= 15 is 0 Å². The van der Waals surface area contributed by atoms with Crippen molar-refractivity contribution in [2.45, 2.75) is 36.3 Å². The van der Waals surface area contributed by atoms with E-state index in [1.807, 2.05) is 104 Å². The third kappa shape index (κ3) is 25.7. The fourth-order valence-corrected chi connectivity index (χ4v) is 14.5. The zero-order valence-electron chi connectivity index (χ0n) is 62.8. The molecule has 0 amide bonds. The second kappa shape index (κ2) is 42.1. The van der Waals surface area contributed by atoms with Crippen LogP contribution >= 0.6 is 0 Å². The van der Waals surface area contributed by atoms with Crippen molar-refractivity contribution in [3.8, 4) is 132 Å². The van der Waals surface area contributed by atoms with Gasteiger partial charge >= 0.3 is 103 Å². The minimum Gasteiger partial charge on any atom is -0.744 e. The molecular weight excluding hydrogens is 1650 g/mol. The number of hydrogen-bond donors (Lipinski definition) is 4. The van der Waals surface area contributed by atoms with Gasteiger partial charge in [-0.15, -0.1) is 12.8 Å². The molecule has 0 aromatic heterocycles. The molecule has 586 valence electrons. The number of aryl methyl sites for hydroxylation is 1. The molecule has 0 saturated carbocycles. The molecule has 0 bridgehead atoms. The zero-order chi connectivity index (χ0) is 83.5. The first kappa shape index (κ1) is 92.8. The van der Waals surface area contributed by atoms with E-state index in [0.717, 1.165) is 99.3 Å². The summed E-state index contributed by atoms with van der Waals surface area (Å²) in [6.07, 6.45) is 10.7. The Morgan fingerprint density at radius 3 is 1.07 bits per heavy atom. The Labute approximate surface area is 764 Å². The molecule has 28 heteroatoms. The Morgan fingerprint density at radius 1 is 0.322 bits per heavy atom. The van der Waals surface area contributed by atoms with E-state index in [1.165, 1.54) is 78.9 Å². The molecule has 0 spiro atoms. The van der Waals surface area contributed by atoms with Crippen LogP contribution in [0.1, 0.15) is 16.7 Å². The fraction of sp³-hybridized carbons (Fsp3) is 0.0222. The van der Waals surface area contributed by atoms with Crippen molar-refractivity contribution in [3.05, 3.63) is 355 Å². The number of hydrogen-bond acceptors (Lipinski definition) is 18. The predicted octanol–water partition coefficient (Wildman–Crippen LogP) is 13.6. The Bertz CT molecular complexity index is 6280. The van der Waals surface area contributed by atoms with Gasteiger partial charge in [0.15, 0.2) is 0 Å². The van der Waals surface area contributed by atoms with Crippen LogP contribution < -0.4 is 122 Å². The number of terminal acetylenes is 2. The molecule has 18 nitrogen and oxygen atoms in total. The number of methoxy groups -OCH3 is 1. The second-order valence-corrected chi connectivity index (χ2v) is 31.3. The quantitative estimate of drug-likeness (QED) is 0.0164. The van der Waals surface area contributed by atoms with E-state index in [-0.39, 0.29) is 162 Å². The molecule has 0 radical (unpaired) electrons. The van der Waals surface area contributed by atoms with Crippen LogP contribution in [0.2, 0.25) is 0 Å². The van der Waals surface area contributed by atoms with Crippen molar-refractivity contribution < 1.29 is 202 Å². The number of phenols is 4. The van der Waals surface area contributed by atoms with E-state index in [1.54, 1.807) is 86.0 Å². The van der Waals surface area contributed by atoms with Crippen LogP contribution in [0.3, 0.4) is 0 Å². The Morgan fingerprint density at radius 2 is 0.661 bits per heavy atom. The van der Waals surface area contributed by atoms with E-state index < -0.39 is 78.7 Å². The van der Waals surface area contributed by atoms with Crippen LogP contribution in [0.4, 0.5) is 17.6 Å². The number of benzene rings is 14. The van der Waals surface area contributed by atoms with Crippen molar-refractivity contribution in [2.75, 3.05) is 7.11 Å². The summed E-state index contributed by atoms with van der Waals surface area (Å²) in [5.74, 6) is 4.73. The molecule has 0 aliphatic rings. The molecule has 0 aliphatic heterocycles. The number of halogens is 4. The minimum atomic E-state index is -5.04. The van der Waals surface area contributed by atoms with Gasteiger partial charge in [0.05, 0.1) is 31.6 Å². The van der Waals surface area contributed by atoms with Crippen LogP contribution in [0, 0.1) is 54.9 Å². The van der Waals surface area contributed by atoms with Crippen LogP contribution in [-0.4, -0.2) is 70.3 Å². The fourth-order valence-electron chi connectivity index (χ4n) is 10.8. The third-order valence-corrected chi connectivity index (χ3v) is 22.0. The smallest absolute Gasteiger partial charge is 0.744 e. The Kier molecular flexibility index (Phi) is 33.1. The molecule has 4 N–H and O–H groups in total. The average Bonchev–Trinajstić information content (AvgIpc) is 0.859. The van der Waals surface area contributed by atoms with Gasteiger partial charge < -0.3 is 48.5 Å². The topological polar surface area (TPSA) is 301 Å². The first-order chi connectivity index (χ1) is 55.3. The van der Waals surface area contributed by atoms with Crippen LogP contribution in [0.5, 0.6) is 63.2 Å². The Hall–Kier alpha value is -10.7. The first-order valence-corrected chi connectivity index (χ1v) is 39.9. The van der Waals surface area contributed by atoms with E-state index in [0.29, 0.717) is 40.0 Å². The minimum absolute atomic E-state index is 0. The molecule has 0 unspecified atom stereocenters. The van der Waals surface area contributed by atoms with Crippen molar-refractivity contribution in [1.29, 1.82) is 0 Å². The maximum absolute atomic E-state index is 13.5. The SMILES string of the molecule is C#Cc1ccc(-c2cc(C)ccc2Oc2ccc(Oc3ccc(S(=O)(=O)c4ccc(Oc5ccc(-c6ccc(OC)cc6)cc5)cc4)cc3)c(S(=O)(=O)[O-])c2)cc1.C#Cc1ccc(-c2cc(F)ccc2F)cc1.O=S(=O)([O-])c1cc(O)ccc1O.O=S(=O)(c1ccc(F)cc1)c1ccc(F)cc1.Oc1ccc(-c2ccc(O)cc2)cc1.[K+].[K+]. The van der Waals surface area contributed by atoms with Gasteiger partial charge in [0, 0.05) is 34.4 Å². The summed E-state index contributed by atoms with van der Waals surface area (Å²) in [5.41, 5.74) is 8.85. The second-order valence-electron chi connectivity index (χ2n) is 24.7. The summed E-state index contributed by atoms with van der Waals surface area (Å²) in [5, 5.41) is 35.9. The molecular formula is C90H64F4K2O18S4. The summed E-state index contributed by atoms with van der Waals surface area (Å²) in [7, 11) is -15.8. The molecule has 0 saturated heterocycles. The van der Waals surface area contributed by atoms with Crippen molar-refractivity contribution >= 4 is 39.9 Å². The first-order valence-electron chi connectivity index (χ1n) is 34.1.